The van der Waals surface area contributed by atoms with Crippen LogP contribution in [0.3, 0.4) is 0 Å². The molecule has 0 saturated heterocycles. The Morgan fingerprint density at radius 1 is 1.15 bits per heavy atom. The van der Waals surface area contributed by atoms with Gasteiger partial charge in [-0.1, -0.05) is 30.3 Å². The third-order valence-corrected chi connectivity index (χ3v) is 3.04. The maximum absolute atomic E-state index is 5.23. The number of aryl methyl sites for hydroxylation is 1. The van der Waals surface area contributed by atoms with E-state index < -0.39 is 0 Å². The van der Waals surface area contributed by atoms with Gasteiger partial charge in [-0.3, -0.25) is 0 Å². The molecule has 0 aliphatic rings. The topological polar surface area (TPSA) is 64.1 Å². The molecule has 0 saturated carbocycles. The van der Waals surface area contributed by atoms with Gasteiger partial charge in [0.05, 0.1) is 12.8 Å². The molecule has 1 N–H and O–H groups in total. The number of rotatable bonds is 5. The molecular weight excluding hydrogens is 254 g/mol. The first kappa shape index (κ1) is 12.5. The van der Waals surface area contributed by atoms with Crippen LogP contribution in [0.4, 0.5) is 5.69 Å². The zero-order valence-corrected chi connectivity index (χ0v) is 11.2. The predicted molar refractivity (Wildman–Crippen MR) is 75.1 cm³/mol. The maximum Gasteiger partial charge on any atom is 0.246 e. The number of aromatic nitrogens is 2. The molecule has 0 unspecified atom stereocenters. The number of nitrogens with one attached hydrogen (secondary N) is 1. The molecule has 0 aliphatic heterocycles. The van der Waals surface area contributed by atoms with Crippen molar-refractivity contribution >= 4 is 5.69 Å². The molecular formula is C15H15N3O2. The summed E-state index contributed by atoms with van der Waals surface area (Å²) in [5, 5.41) is 7.21. The second-order valence-corrected chi connectivity index (χ2v) is 4.35. The van der Waals surface area contributed by atoms with E-state index in [9.17, 15) is 0 Å². The van der Waals surface area contributed by atoms with Gasteiger partial charge in [0.1, 0.15) is 0 Å². The Morgan fingerprint density at radius 2 is 2.05 bits per heavy atom. The van der Waals surface area contributed by atoms with Crippen molar-refractivity contribution < 1.29 is 8.94 Å². The van der Waals surface area contributed by atoms with Gasteiger partial charge in [-0.05, 0) is 30.2 Å². The van der Waals surface area contributed by atoms with Crippen LogP contribution in [-0.4, -0.2) is 10.1 Å². The van der Waals surface area contributed by atoms with Crippen LogP contribution in [0, 0.1) is 0 Å². The first-order valence-electron chi connectivity index (χ1n) is 6.55. The average Bonchev–Trinajstić information content (AvgIpc) is 3.16. The third kappa shape index (κ3) is 2.56. The number of nitrogens with zero attached hydrogens (tertiary/aromatic N) is 2. The average molecular weight is 269 g/mol. The summed E-state index contributed by atoms with van der Waals surface area (Å²) in [7, 11) is 0. The van der Waals surface area contributed by atoms with Gasteiger partial charge >= 0.3 is 0 Å². The fraction of sp³-hybridized carbons (Fsp3) is 0.200. The highest BCUT2D eigenvalue weighted by Crippen LogP contribution is 2.18. The monoisotopic (exact) mass is 269 g/mol. The van der Waals surface area contributed by atoms with Crippen LogP contribution in [0.5, 0.6) is 0 Å². The molecule has 2 heterocycles. The number of para-hydroxylation sites is 1. The molecule has 0 radical (unpaired) electrons. The van der Waals surface area contributed by atoms with Crippen molar-refractivity contribution in [3.05, 3.63) is 54.1 Å². The zero-order valence-electron chi connectivity index (χ0n) is 11.2. The van der Waals surface area contributed by atoms with E-state index in [4.69, 9.17) is 8.94 Å². The summed E-state index contributed by atoms with van der Waals surface area (Å²) in [6.45, 7) is 2.62. The van der Waals surface area contributed by atoms with Crippen molar-refractivity contribution in [3.63, 3.8) is 0 Å². The standard InChI is InChI=1S/C15H15N3O2/c1-2-11-6-3-4-7-12(11)16-10-14-17-15(18-20-14)13-8-5-9-19-13/h3-9,16H,2,10H2,1H3. The normalized spacial score (nSPS) is 10.7. The minimum atomic E-state index is 0.468. The quantitative estimate of drug-likeness (QED) is 0.768. The van der Waals surface area contributed by atoms with Gasteiger partial charge < -0.3 is 14.3 Å². The molecule has 0 spiro atoms. The van der Waals surface area contributed by atoms with Gasteiger partial charge in [0, 0.05) is 5.69 Å². The van der Waals surface area contributed by atoms with Gasteiger partial charge in [-0.2, -0.15) is 4.98 Å². The fourth-order valence-corrected chi connectivity index (χ4v) is 2.00. The van der Waals surface area contributed by atoms with E-state index in [0.717, 1.165) is 12.1 Å². The Balaban J connectivity index is 1.70. The van der Waals surface area contributed by atoms with Crippen molar-refractivity contribution in [1.82, 2.24) is 10.1 Å². The first-order chi connectivity index (χ1) is 9.86. The third-order valence-electron chi connectivity index (χ3n) is 3.04. The molecule has 3 rings (SSSR count). The van der Waals surface area contributed by atoms with E-state index >= 15 is 0 Å². The van der Waals surface area contributed by atoms with Crippen LogP contribution in [-0.2, 0) is 13.0 Å². The van der Waals surface area contributed by atoms with Crippen LogP contribution in [0.2, 0.25) is 0 Å². The van der Waals surface area contributed by atoms with Crippen LogP contribution >= 0.6 is 0 Å². The summed E-state index contributed by atoms with van der Waals surface area (Å²) in [6.07, 6.45) is 2.56. The van der Waals surface area contributed by atoms with Crippen molar-refractivity contribution in [3.8, 4) is 11.6 Å². The van der Waals surface area contributed by atoms with E-state index in [2.05, 4.69) is 28.4 Å². The Morgan fingerprint density at radius 3 is 2.85 bits per heavy atom. The highest BCUT2D eigenvalue weighted by atomic mass is 16.5. The van der Waals surface area contributed by atoms with E-state index in [0.29, 0.717) is 24.0 Å². The lowest BCUT2D eigenvalue weighted by Gasteiger charge is -2.08. The number of hydrogen-bond donors (Lipinski definition) is 1. The molecule has 20 heavy (non-hydrogen) atoms. The Labute approximate surface area is 116 Å². The van der Waals surface area contributed by atoms with Crippen molar-refractivity contribution in [2.75, 3.05) is 5.32 Å². The molecule has 102 valence electrons. The molecule has 5 heteroatoms. The summed E-state index contributed by atoms with van der Waals surface area (Å²) < 4.78 is 10.4. The predicted octanol–water partition coefficient (Wildman–Crippen LogP) is 3.50. The first-order valence-corrected chi connectivity index (χ1v) is 6.55. The van der Waals surface area contributed by atoms with Crippen LogP contribution in [0.15, 0.2) is 51.6 Å². The molecule has 2 aromatic heterocycles. The van der Waals surface area contributed by atoms with E-state index in [1.165, 1.54) is 5.56 Å². The SMILES string of the molecule is CCc1ccccc1NCc1nc(-c2ccco2)no1. The minimum absolute atomic E-state index is 0.468. The molecule has 0 amide bonds. The Hall–Kier alpha value is -2.56. The van der Waals surface area contributed by atoms with E-state index in [1.807, 2.05) is 18.2 Å². The van der Waals surface area contributed by atoms with E-state index in [-0.39, 0.29) is 0 Å². The van der Waals surface area contributed by atoms with E-state index in [1.54, 1.807) is 18.4 Å². The Kier molecular flexibility index (Phi) is 3.50. The summed E-state index contributed by atoms with van der Waals surface area (Å²) in [6, 6.07) is 11.8. The lowest BCUT2D eigenvalue weighted by atomic mass is 10.1. The molecule has 1 aromatic carbocycles. The van der Waals surface area contributed by atoms with Crippen LogP contribution in [0.1, 0.15) is 18.4 Å². The zero-order chi connectivity index (χ0) is 13.8. The maximum atomic E-state index is 5.23. The lowest BCUT2D eigenvalue weighted by molar-refractivity contribution is 0.382. The molecule has 0 aliphatic carbocycles. The number of benzene rings is 1. The number of furan rings is 1. The number of anilines is 1. The second kappa shape index (κ2) is 5.61. The molecule has 5 nitrogen and oxygen atoms in total. The van der Waals surface area contributed by atoms with Gasteiger partial charge in [0.2, 0.25) is 11.7 Å². The Bertz CT molecular complexity index is 674. The highest BCUT2D eigenvalue weighted by Gasteiger charge is 2.10. The molecule has 0 fully saturated rings. The second-order valence-electron chi connectivity index (χ2n) is 4.35. The van der Waals surface area contributed by atoms with Crippen LogP contribution in [0.25, 0.3) is 11.6 Å². The lowest BCUT2D eigenvalue weighted by Crippen LogP contribution is -2.02. The summed E-state index contributed by atoms with van der Waals surface area (Å²) in [5.74, 6) is 1.60. The minimum Gasteiger partial charge on any atom is -0.461 e. The van der Waals surface area contributed by atoms with Gasteiger partial charge in [0.25, 0.3) is 0 Å². The fourth-order valence-electron chi connectivity index (χ4n) is 2.00. The van der Waals surface area contributed by atoms with Crippen molar-refractivity contribution in [2.45, 2.75) is 19.9 Å². The van der Waals surface area contributed by atoms with Gasteiger partial charge in [-0.25, -0.2) is 0 Å². The molecule has 0 bridgehead atoms. The van der Waals surface area contributed by atoms with Crippen LogP contribution < -0.4 is 5.32 Å². The highest BCUT2D eigenvalue weighted by molar-refractivity contribution is 5.51. The molecule has 0 atom stereocenters. The summed E-state index contributed by atoms with van der Waals surface area (Å²) >= 11 is 0. The van der Waals surface area contributed by atoms with Gasteiger partial charge in [0.15, 0.2) is 5.76 Å². The number of hydrogen-bond acceptors (Lipinski definition) is 5. The summed E-state index contributed by atoms with van der Waals surface area (Å²) in [4.78, 5) is 4.29. The largest absolute Gasteiger partial charge is 0.461 e. The summed E-state index contributed by atoms with van der Waals surface area (Å²) in [5.41, 5.74) is 2.35. The molecule has 3 aromatic rings. The van der Waals surface area contributed by atoms with Crippen molar-refractivity contribution in [1.29, 1.82) is 0 Å². The van der Waals surface area contributed by atoms with Gasteiger partial charge in [-0.15, -0.1) is 0 Å². The smallest absolute Gasteiger partial charge is 0.246 e. The van der Waals surface area contributed by atoms with Crippen molar-refractivity contribution in [2.24, 2.45) is 0 Å².